The molecule has 6 nitrogen and oxygen atoms in total. The number of nitrogens with zero attached hydrogens (tertiary/aromatic N) is 3. The Balaban J connectivity index is 2.10. The second-order valence-corrected chi connectivity index (χ2v) is 6.77. The minimum Gasteiger partial charge on any atom is -0.369 e. The second kappa shape index (κ2) is 8.70. The molecule has 0 atom stereocenters. The van der Waals surface area contributed by atoms with Gasteiger partial charge in [-0.2, -0.15) is 10.4 Å². The first kappa shape index (κ1) is 19.6. The van der Waals surface area contributed by atoms with Crippen LogP contribution >= 0.6 is 11.6 Å². The number of ketones is 1. The highest BCUT2D eigenvalue weighted by Gasteiger charge is 2.24. The van der Waals surface area contributed by atoms with Crippen LogP contribution in [0.5, 0.6) is 0 Å². The van der Waals surface area contributed by atoms with E-state index < -0.39 is 0 Å². The lowest BCUT2D eigenvalue weighted by molar-refractivity contribution is 0.103. The molecule has 2 aromatic carbocycles. The fraction of sp³-hybridized carbons (Fsp3) is 0.190. The third-order valence-corrected chi connectivity index (χ3v) is 4.52. The fourth-order valence-corrected chi connectivity index (χ4v) is 2.89. The van der Waals surface area contributed by atoms with Gasteiger partial charge < -0.3 is 11.1 Å². The Bertz CT molecular complexity index is 1020. The minimum absolute atomic E-state index is 0.108. The smallest absolute Gasteiger partial charge is 0.214 e. The standard InChI is InChI=1S/C21H20ClN5O/c1-14-3-5-15(6-4-14)20(28)19-18(13-24)21(25-12-2-11-23)27(26-19)17-9-7-16(22)8-10-17/h3-10,25H,2,11-12,23H2,1H3. The summed E-state index contributed by atoms with van der Waals surface area (Å²) in [6.07, 6.45) is 0.720. The van der Waals surface area contributed by atoms with Crippen LogP contribution in [-0.2, 0) is 0 Å². The first-order valence-corrected chi connectivity index (χ1v) is 9.27. The molecule has 3 rings (SSSR count). The van der Waals surface area contributed by atoms with Crippen molar-refractivity contribution >= 4 is 23.2 Å². The van der Waals surface area contributed by atoms with E-state index in [0.717, 1.165) is 12.0 Å². The summed E-state index contributed by atoms with van der Waals surface area (Å²) in [6, 6.07) is 16.3. The lowest BCUT2D eigenvalue weighted by atomic mass is 10.0. The van der Waals surface area contributed by atoms with Gasteiger partial charge in [-0.15, -0.1) is 0 Å². The maximum Gasteiger partial charge on any atom is 0.214 e. The van der Waals surface area contributed by atoms with Gasteiger partial charge in [0, 0.05) is 17.1 Å². The van der Waals surface area contributed by atoms with E-state index in [2.05, 4.69) is 16.5 Å². The first-order valence-electron chi connectivity index (χ1n) is 8.89. The summed E-state index contributed by atoms with van der Waals surface area (Å²) in [7, 11) is 0. The highest BCUT2D eigenvalue weighted by atomic mass is 35.5. The number of nitriles is 1. The number of nitrogens with two attached hydrogens (primary N) is 1. The number of carbonyl (C=O) groups excluding carboxylic acids is 1. The van der Waals surface area contributed by atoms with E-state index in [4.69, 9.17) is 17.3 Å². The zero-order valence-corrected chi connectivity index (χ0v) is 16.2. The van der Waals surface area contributed by atoms with Crippen LogP contribution in [0.3, 0.4) is 0 Å². The predicted octanol–water partition coefficient (Wildman–Crippen LogP) is 3.70. The zero-order valence-electron chi connectivity index (χ0n) is 15.4. The molecular weight excluding hydrogens is 374 g/mol. The van der Waals surface area contributed by atoms with Crippen molar-refractivity contribution in [3.8, 4) is 11.8 Å². The molecule has 28 heavy (non-hydrogen) atoms. The topological polar surface area (TPSA) is 96.7 Å². The number of rotatable bonds is 7. The van der Waals surface area contributed by atoms with E-state index in [9.17, 15) is 10.1 Å². The number of hydrogen-bond acceptors (Lipinski definition) is 5. The van der Waals surface area contributed by atoms with Gasteiger partial charge in [-0.25, -0.2) is 4.68 Å². The maximum absolute atomic E-state index is 13.0. The Morgan fingerprint density at radius 3 is 2.50 bits per heavy atom. The van der Waals surface area contributed by atoms with Gasteiger partial charge in [0.15, 0.2) is 5.69 Å². The molecule has 0 fully saturated rings. The number of aromatic nitrogens is 2. The summed E-state index contributed by atoms with van der Waals surface area (Å²) in [5.41, 5.74) is 8.11. The van der Waals surface area contributed by atoms with Gasteiger partial charge in [-0.3, -0.25) is 4.79 Å². The maximum atomic E-state index is 13.0. The SMILES string of the molecule is Cc1ccc(C(=O)c2nn(-c3ccc(Cl)cc3)c(NCCCN)c2C#N)cc1. The Hall–Kier alpha value is -3.14. The summed E-state index contributed by atoms with van der Waals surface area (Å²) < 4.78 is 1.56. The van der Waals surface area contributed by atoms with E-state index >= 15 is 0 Å². The van der Waals surface area contributed by atoms with E-state index in [-0.39, 0.29) is 17.0 Å². The van der Waals surface area contributed by atoms with E-state index in [1.54, 1.807) is 41.1 Å². The molecule has 0 bridgehead atoms. The molecule has 3 N–H and O–H groups in total. The number of halogens is 1. The van der Waals surface area contributed by atoms with E-state index in [1.807, 2.05) is 19.1 Å². The second-order valence-electron chi connectivity index (χ2n) is 6.34. The molecule has 3 aromatic rings. The van der Waals surface area contributed by atoms with Crippen LogP contribution in [0.2, 0.25) is 5.02 Å². The van der Waals surface area contributed by atoms with Crippen LogP contribution in [0.15, 0.2) is 48.5 Å². The Labute approximate surface area is 168 Å². The molecule has 0 radical (unpaired) electrons. The monoisotopic (exact) mass is 393 g/mol. The van der Waals surface area contributed by atoms with Crippen molar-refractivity contribution in [2.75, 3.05) is 18.4 Å². The molecule has 0 spiro atoms. The molecule has 142 valence electrons. The Kier molecular flexibility index (Phi) is 6.09. The van der Waals surface area contributed by atoms with Crippen molar-refractivity contribution in [1.82, 2.24) is 9.78 Å². The van der Waals surface area contributed by atoms with Crippen LogP contribution in [0.1, 0.15) is 33.6 Å². The number of carbonyl (C=O) groups is 1. The molecule has 0 aliphatic carbocycles. The van der Waals surface area contributed by atoms with Gasteiger partial charge in [0.05, 0.1) is 5.69 Å². The highest BCUT2D eigenvalue weighted by Crippen LogP contribution is 2.26. The van der Waals surface area contributed by atoms with Crippen molar-refractivity contribution in [3.05, 3.63) is 75.9 Å². The van der Waals surface area contributed by atoms with Crippen molar-refractivity contribution in [1.29, 1.82) is 5.26 Å². The summed E-state index contributed by atoms with van der Waals surface area (Å²) in [5, 5.41) is 18.0. The van der Waals surface area contributed by atoms with E-state index in [0.29, 0.717) is 35.2 Å². The zero-order chi connectivity index (χ0) is 20.1. The molecule has 0 aliphatic heterocycles. The normalized spacial score (nSPS) is 10.5. The molecule has 0 aliphatic rings. The van der Waals surface area contributed by atoms with Gasteiger partial charge >= 0.3 is 0 Å². The number of benzene rings is 2. The first-order chi connectivity index (χ1) is 13.5. The average Bonchev–Trinajstić information content (AvgIpc) is 3.07. The molecule has 1 aromatic heterocycles. The highest BCUT2D eigenvalue weighted by molar-refractivity contribution is 6.30. The van der Waals surface area contributed by atoms with Crippen molar-refractivity contribution in [2.45, 2.75) is 13.3 Å². The Morgan fingerprint density at radius 2 is 1.89 bits per heavy atom. The third-order valence-electron chi connectivity index (χ3n) is 4.27. The number of anilines is 1. The quantitative estimate of drug-likeness (QED) is 0.471. The third kappa shape index (κ3) is 4.06. The van der Waals surface area contributed by atoms with Crippen molar-refractivity contribution in [3.63, 3.8) is 0 Å². The van der Waals surface area contributed by atoms with Crippen molar-refractivity contribution < 1.29 is 4.79 Å². The summed E-state index contributed by atoms with van der Waals surface area (Å²) in [5.74, 6) is 0.167. The summed E-state index contributed by atoms with van der Waals surface area (Å²) in [4.78, 5) is 13.0. The minimum atomic E-state index is -0.300. The fourth-order valence-electron chi connectivity index (χ4n) is 2.77. The molecule has 7 heteroatoms. The van der Waals surface area contributed by atoms with Crippen LogP contribution in [-0.4, -0.2) is 28.7 Å². The van der Waals surface area contributed by atoms with E-state index in [1.165, 1.54) is 0 Å². The lowest BCUT2D eigenvalue weighted by Crippen LogP contribution is -2.12. The summed E-state index contributed by atoms with van der Waals surface area (Å²) in [6.45, 7) is 3.02. The van der Waals surface area contributed by atoms with Gasteiger partial charge in [-0.05, 0) is 44.2 Å². The molecule has 0 unspecified atom stereocenters. The molecule has 0 saturated carbocycles. The Morgan fingerprint density at radius 1 is 1.21 bits per heavy atom. The molecule has 1 heterocycles. The van der Waals surface area contributed by atoms with Crippen LogP contribution < -0.4 is 11.1 Å². The predicted molar refractivity (Wildman–Crippen MR) is 110 cm³/mol. The van der Waals surface area contributed by atoms with Crippen molar-refractivity contribution in [2.24, 2.45) is 5.73 Å². The number of nitrogens with one attached hydrogen (secondary N) is 1. The molecular formula is C21H20ClN5O. The van der Waals surface area contributed by atoms with Crippen LogP contribution in [0.25, 0.3) is 5.69 Å². The van der Waals surface area contributed by atoms with Gasteiger partial charge in [0.25, 0.3) is 0 Å². The average molecular weight is 394 g/mol. The summed E-state index contributed by atoms with van der Waals surface area (Å²) >= 11 is 5.98. The van der Waals surface area contributed by atoms with Crippen LogP contribution in [0, 0.1) is 18.3 Å². The number of hydrogen-bond donors (Lipinski definition) is 2. The number of aryl methyl sites for hydroxylation is 1. The van der Waals surface area contributed by atoms with Crippen LogP contribution in [0.4, 0.5) is 5.82 Å². The van der Waals surface area contributed by atoms with Gasteiger partial charge in [0.1, 0.15) is 17.5 Å². The lowest BCUT2D eigenvalue weighted by Gasteiger charge is -2.10. The van der Waals surface area contributed by atoms with Gasteiger partial charge in [-0.1, -0.05) is 41.4 Å². The molecule has 0 saturated heterocycles. The molecule has 0 amide bonds. The van der Waals surface area contributed by atoms with Gasteiger partial charge in [0.2, 0.25) is 5.78 Å². The largest absolute Gasteiger partial charge is 0.369 e.